The molecule has 0 saturated heterocycles. The molecule has 0 spiro atoms. The van der Waals surface area contributed by atoms with Gasteiger partial charge in [-0.3, -0.25) is 0 Å². The van der Waals surface area contributed by atoms with Crippen molar-refractivity contribution in [2.24, 2.45) is 0 Å². The van der Waals surface area contributed by atoms with E-state index in [-0.39, 0.29) is 0 Å². The summed E-state index contributed by atoms with van der Waals surface area (Å²) in [5.41, 5.74) is 6.02. The number of fused-ring (bicyclic) bond motifs is 1. The Kier molecular flexibility index (Phi) is 5.99. The van der Waals surface area contributed by atoms with E-state index in [9.17, 15) is 0 Å². The quantitative estimate of drug-likeness (QED) is 0.539. The Morgan fingerprint density at radius 2 is 1.96 bits per heavy atom. The fraction of sp³-hybridized carbons (Fsp3) is 0.476. The molecule has 2 aromatic rings. The van der Waals surface area contributed by atoms with E-state index < -0.39 is 0 Å². The maximum atomic E-state index is 6.55. The van der Waals surface area contributed by atoms with E-state index in [4.69, 9.17) is 28.2 Å². The number of imidazole rings is 1. The van der Waals surface area contributed by atoms with Gasteiger partial charge in [0.05, 0.1) is 22.1 Å². The standard InChI is InChI=1S/C21H27Cl2N3/c1-5-8-15(9-6-2)20-18(7-3)24-21-25(10-11-26(20)21)19-14(4)12-16(22)13-17(19)23/h8,12-13H,5-7,9-11H2,1-4H3/b15-8+. The van der Waals surface area contributed by atoms with Gasteiger partial charge in [0.2, 0.25) is 5.95 Å². The Morgan fingerprint density at radius 3 is 2.58 bits per heavy atom. The number of hydrogen-bond donors (Lipinski definition) is 0. The Balaban J connectivity index is 2.12. The Bertz CT molecular complexity index is 813. The van der Waals surface area contributed by atoms with Gasteiger partial charge < -0.3 is 9.47 Å². The highest BCUT2D eigenvalue weighted by atomic mass is 35.5. The molecule has 1 aromatic heterocycles. The first-order valence-corrected chi connectivity index (χ1v) is 10.3. The highest BCUT2D eigenvalue weighted by molar-refractivity contribution is 6.36. The first-order valence-electron chi connectivity index (χ1n) is 9.53. The van der Waals surface area contributed by atoms with Crippen LogP contribution < -0.4 is 4.90 Å². The summed E-state index contributed by atoms with van der Waals surface area (Å²) in [6.07, 6.45) is 6.57. The van der Waals surface area contributed by atoms with Gasteiger partial charge >= 0.3 is 0 Å². The van der Waals surface area contributed by atoms with Crippen molar-refractivity contribution >= 4 is 40.4 Å². The summed E-state index contributed by atoms with van der Waals surface area (Å²) in [5, 5.41) is 1.36. The smallest absolute Gasteiger partial charge is 0.210 e. The SMILES string of the molecule is CC/C=C(\CCC)c1c(CC)nc2n1CCN2c1c(C)cc(Cl)cc1Cl. The third-order valence-electron chi connectivity index (χ3n) is 4.91. The van der Waals surface area contributed by atoms with Gasteiger partial charge in [-0.1, -0.05) is 56.5 Å². The molecule has 0 saturated carbocycles. The summed E-state index contributed by atoms with van der Waals surface area (Å²) in [6, 6.07) is 3.79. The van der Waals surface area contributed by atoms with E-state index in [1.165, 1.54) is 17.0 Å². The van der Waals surface area contributed by atoms with Gasteiger partial charge in [0.25, 0.3) is 0 Å². The normalized spacial score (nSPS) is 14.2. The number of anilines is 2. The second kappa shape index (κ2) is 8.06. The van der Waals surface area contributed by atoms with E-state index in [0.717, 1.165) is 56.0 Å². The summed E-state index contributed by atoms with van der Waals surface area (Å²) in [7, 11) is 0. The summed E-state index contributed by atoms with van der Waals surface area (Å²) < 4.78 is 2.38. The molecule has 3 rings (SSSR count). The fourth-order valence-corrected chi connectivity index (χ4v) is 4.59. The predicted octanol–water partition coefficient (Wildman–Crippen LogP) is 6.81. The fourth-order valence-electron chi connectivity index (χ4n) is 3.89. The van der Waals surface area contributed by atoms with Crippen molar-refractivity contribution < 1.29 is 0 Å². The lowest BCUT2D eigenvalue weighted by Gasteiger charge is -2.20. The molecule has 3 nitrogen and oxygen atoms in total. The molecule has 0 radical (unpaired) electrons. The zero-order valence-corrected chi connectivity index (χ0v) is 17.6. The monoisotopic (exact) mass is 391 g/mol. The summed E-state index contributed by atoms with van der Waals surface area (Å²) in [4.78, 5) is 7.26. The average molecular weight is 392 g/mol. The maximum Gasteiger partial charge on any atom is 0.210 e. The van der Waals surface area contributed by atoms with Crippen molar-refractivity contribution in [2.45, 2.75) is 59.9 Å². The van der Waals surface area contributed by atoms with E-state index in [1.54, 1.807) is 0 Å². The molecule has 1 aliphatic rings. The van der Waals surface area contributed by atoms with Gasteiger partial charge in [-0.05, 0) is 49.5 Å². The molecule has 1 aromatic carbocycles. The molecule has 5 heteroatoms. The van der Waals surface area contributed by atoms with Gasteiger partial charge in [-0.25, -0.2) is 4.98 Å². The molecule has 0 N–H and O–H groups in total. The van der Waals surface area contributed by atoms with Crippen LogP contribution in [0.1, 0.15) is 57.0 Å². The summed E-state index contributed by atoms with van der Waals surface area (Å²) >= 11 is 12.7. The summed E-state index contributed by atoms with van der Waals surface area (Å²) in [5.74, 6) is 1.00. The predicted molar refractivity (Wildman–Crippen MR) is 113 cm³/mol. The van der Waals surface area contributed by atoms with Crippen LogP contribution in [0, 0.1) is 6.92 Å². The van der Waals surface area contributed by atoms with Crippen LogP contribution in [0.15, 0.2) is 18.2 Å². The van der Waals surface area contributed by atoms with Crippen molar-refractivity contribution in [3.8, 4) is 0 Å². The average Bonchev–Trinajstić information content (AvgIpc) is 3.13. The molecule has 26 heavy (non-hydrogen) atoms. The third-order valence-corrected chi connectivity index (χ3v) is 5.41. The van der Waals surface area contributed by atoms with Crippen LogP contribution in [0.2, 0.25) is 10.0 Å². The summed E-state index contributed by atoms with van der Waals surface area (Å²) in [6.45, 7) is 10.5. The van der Waals surface area contributed by atoms with E-state index in [0.29, 0.717) is 10.0 Å². The Hall–Kier alpha value is -1.45. The van der Waals surface area contributed by atoms with Crippen molar-refractivity contribution in [1.82, 2.24) is 9.55 Å². The lowest BCUT2D eigenvalue weighted by atomic mass is 10.0. The largest absolute Gasteiger partial charge is 0.308 e. The van der Waals surface area contributed by atoms with Gasteiger partial charge in [0.1, 0.15) is 0 Å². The minimum atomic E-state index is 0.671. The van der Waals surface area contributed by atoms with Crippen LogP contribution in [0.3, 0.4) is 0 Å². The lowest BCUT2D eigenvalue weighted by Crippen LogP contribution is -2.16. The van der Waals surface area contributed by atoms with Crippen LogP contribution in [-0.4, -0.2) is 16.1 Å². The highest BCUT2D eigenvalue weighted by Crippen LogP contribution is 2.41. The number of allylic oxidation sites excluding steroid dienone is 2. The highest BCUT2D eigenvalue weighted by Gasteiger charge is 2.30. The van der Waals surface area contributed by atoms with Gasteiger partial charge in [0.15, 0.2) is 0 Å². The molecule has 140 valence electrons. The van der Waals surface area contributed by atoms with Crippen molar-refractivity contribution in [1.29, 1.82) is 0 Å². The van der Waals surface area contributed by atoms with Crippen LogP contribution in [-0.2, 0) is 13.0 Å². The second-order valence-electron chi connectivity index (χ2n) is 6.80. The van der Waals surface area contributed by atoms with Gasteiger partial charge in [0, 0.05) is 18.1 Å². The zero-order chi connectivity index (χ0) is 18.8. The van der Waals surface area contributed by atoms with Crippen molar-refractivity contribution in [3.05, 3.63) is 45.2 Å². The molecule has 0 unspecified atom stereocenters. The Labute approximate surface area is 166 Å². The first-order chi connectivity index (χ1) is 12.5. The van der Waals surface area contributed by atoms with E-state index in [1.807, 2.05) is 12.1 Å². The zero-order valence-electron chi connectivity index (χ0n) is 16.1. The van der Waals surface area contributed by atoms with Crippen LogP contribution >= 0.6 is 23.2 Å². The van der Waals surface area contributed by atoms with Gasteiger partial charge in [-0.15, -0.1) is 0 Å². The van der Waals surface area contributed by atoms with Gasteiger partial charge in [-0.2, -0.15) is 0 Å². The number of halogens is 2. The second-order valence-corrected chi connectivity index (χ2v) is 7.65. The number of benzene rings is 1. The number of aromatic nitrogens is 2. The maximum absolute atomic E-state index is 6.55. The van der Waals surface area contributed by atoms with Crippen molar-refractivity contribution in [3.63, 3.8) is 0 Å². The molecular weight excluding hydrogens is 365 g/mol. The molecule has 0 aliphatic carbocycles. The van der Waals surface area contributed by atoms with E-state index >= 15 is 0 Å². The molecule has 1 aliphatic heterocycles. The van der Waals surface area contributed by atoms with E-state index in [2.05, 4.69) is 43.2 Å². The number of hydrogen-bond acceptors (Lipinski definition) is 2. The third kappa shape index (κ3) is 3.39. The van der Waals surface area contributed by atoms with Crippen LogP contribution in [0.25, 0.3) is 5.57 Å². The number of aryl methyl sites for hydroxylation is 2. The lowest BCUT2D eigenvalue weighted by molar-refractivity contribution is 0.776. The molecule has 0 amide bonds. The minimum Gasteiger partial charge on any atom is -0.308 e. The Morgan fingerprint density at radius 1 is 1.19 bits per heavy atom. The molecule has 2 heterocycles. The van der Waals surface area contributed by atoms with Crippen molar-refractivity contribution in [2.75, 3.05) is 11.4 Å². The van der Waals surface area contributed by atoms with Crippen LogP contribution in [0.5, 0.6) is 0 Å². The topological polar surface area (TPSA) is 21.1 Å². The van der Waals surface area contributed by atoms with Crippen LogP contribution in [0.4, 0.5) is 11.6 Å². The molecule has 0 atom stereocenters. The molecule has 0 bridgehead atoms. The molecule has 0 fully saturated rings. The number of rotatable bonds is 6. The first kappa shape index (κ1) is 19.3. The minimum absolute atomic E-state index is 0.671. The number of nitrogens with zero attached hydrogens (tertiary/aromatic N) is 3. The molecular formula is C21H27Cl2N3.